The van der Waals surface area contributed by atoms with Gasteiger partial charge in [0.15, 0.2) is 0 Å². The smallest absolute Gasteiger partial charge is 0.150 e. The number of benzene rings is 1. The van der Waals surface area contributed by atoms with Gasteiger partial charge in [-0.3, -0.25) is 4.79 Å². The zero-order valence-electron chi connectivity index (χ0n) is 10.8. The topological polar surface area (TPSA) is 50.1 Å². The first-order chi connectivity index (χ1) is 8.81. The Balaban J connectivity index is 2.42. The summed E-state index contributed by atoms with van der Waals surface area (Å²) >= 11 is 0. The molecule has 0 unspecified atom stereocenters. The Bertz CT molecular complexity index is 421. The molecule has 0 aliphatic rings. The van der Waals surface area contributed by atoms with Gasteiger partial charge in [0.25, 0.3) is 0 Å². The van der Waals surface area contributed by atoms with E-state index < -0.39 is 0 Å². The molecule has 3 nitrogen and oxygen atoms in total. The van der Waals surface area contributed by atoms with Crippen molar-refractivity contribution < 1.29 is 9.53 Å². The van der Waals surface area contributed by atoms with Gasteiger partial charge in [-0.15, -0.1) is 0 Å². The summed E-state index contributed by atoms with van der Waals surface area (Å²) in [6, 6.07) is 6.96. The fraction of sp³-hybridized carbons (Fsp3) is 0.467. The molecule has 1 rings (SSSR count). The van der Waals surface area contributed by atoms with Crippen molar-refractivity contribution in [3.63, 3.8) is 0 Å². The predicted octanol–water partition coefficient (Wildman–Crippen LogP) is 3.72. The van der Waals surface area contributed by atoms with Crippen molar-refractivity contribution in [1.82, 2.24) is 0 Å². The van der Waals surface area contributed by atoms with E-state index in [0.29, 0.717) is 23.5 Å². The molecule has 0 saturated heterocycles. The molecule has 0 heterocycles. The molecule has 0 aliphatic heterocycles. The Morgan fingerprint density at radius 3 is 2.72 bits per heavy atom. The van der Waals surface area contributed by atoms with Crippen LogP contribution in [0.15, 0.2) is 18.2 Å². The first-order valence-electron chi connectivity index (χ1n) is 6.44. The average molecular weight is 245 g/mol. The SMILES string of the molecule is CCCCCCCOc1ccc(C=O)cc1C#N. The van der Waals surface area contributed by atoms with E-state index in [0.717, 1.165) is 19.1 Å². The van der Waals surface area contributed by atoms with E-state index in [-0.39, 0.29) is 0 Å². The third-order valence-corrected chi connectivity index (χ3v) is 2.77. The number of nitriles is 1. The summed E-state index contributed by atoms with van der Waals surface area (Å²) in [5.41, 5.74) is 0.926. The van der Waals surface area contributed by atoms with Crippen LogP contribution >= 0.6 is 0 Å². The van der Waals surface area contributed by atoms with E-state index in [1.54, 1.807) is 18.2 Å². The number of carbonyl (C=O) groups is 1. The number of carbonyl (C=O) groups excluding carboxylic acids is 1. The molecule has 96 valence electrons. The lowest BCUT2D eigenvalue weighted by Gasteiger charge is -2.07. The van der Waals surface area contributed by atoms with Crippen molar-refractivity contribution in [1.29, 1.82) is 5.26 Å². The molecule has 3 heteroatoms. The molecule has 0 bridgehead atoms. The van der Waals surface area contributed by atoms with Gasteiger partial charge in [-0.25, -0.2) is 0 Å². The molecule has 0 aliphatic carbocycles. The van der Waals surface area contributed by atoms with Crippen LogP contribution in [0.3, 0.4) is 0 Å². The second kappa shape index (κ2) is 8.30. The fourth-order valence-corrected chi connectivity index (χ4v) is 1.72. The maximum absolute atomic E-state index is 10.6. The van der Waals surface area contributed by atoms with Crippen LogP contribution in [0.2, 0.25) is 0 Å². The second-order valence-electron chi connectivity index (χ2n) is 4.25. The zero-order valence-corrected chi connectivity index (χ0v) is 10.8. The average Bonchev–Trinajstić information content (AvgIpc) is 2.42. The summed E-state index contributed by atoms with van der Waals surface area (Å²) < 4.78 is 5.57. The molecule has 0 spiro atoms. The van der Waals surface area contributed by atoms with Gasteiger partial charge < -0.3 is 4.74 Å². The Kier molecular flexibility index (Phi) is 6.56. The number of unbranched alkanes of at least 4 members (excludes halogenated alkanes) is 4. The van der Waals surface area contributed by atoms with Crippen LogP contribution < -0.4 is 4.74 Å². The Labute approximate surface area is 108 Å². The quantitative estimate of drug-likeness (QED) is 0.518. The van der Waals surface area contributed by atoms with Crippen LogP contribution in [0, 0.1) is 11.3 Å². The van der Waals surface area contributed by atoms with Gasteiger partial charge >= 0.3 is 0 Å². The highest BCUT2D eigenvalue weighted by atomic mass is 16.5. The molecule has 0 radical (unpaired) electrons. The van der Waals surface area contributed by atoms with Crippen molar-refractivity contribution in [3.05, 3.63) is 29.3 Å². The lowest BCUT2D eigenvalue weighted by Crippen LogP contribution is -1.99. The largest absolute Gasteiger partial charge is 0.492 e. The maximum atomic E-state index is 10.6. The molecule has 0 fully saturated rings. The summed E-state index contributed by atoms with van der Waals surface area (Å²) in [7, 11) is 0. The van der Waals surface area contributed by atoms with E-state index in [9.17, 15) is 4.79 Å². The van der Waals surface area contributed by atoms with E-state index in [1.165, 1.54) is 19.3 Å². The zero-order chi connectivity index (χ0) is 13.2. The van der Waals surface area contributed by atoms with E-state index in [2.05, 4.69) is 6.92 Å². The van der Waals surface area contributed by atoms with Crippen LogP contribution in [0.5, 0.6) is 5.75 Å². The Morgan fingerprint density at radius 1 is 1.28 bits per heavy atom. The maximum Gasteiger partial charge on any atom is 0.150 e. The van der Waals surface area contributed by atoms with Gasteiger partial charge in [0, 0.05) is 5.56 Å². The minimum absolute atomic E-state index is 0.424. The second-order valence-corrected chi connectivity index (χ2v) is 4.25. The molecule has 0 saturated carbocycles. The summed E-state index contributed by atoms with van der Waals surface area (Å²) in [5, 5.41) is 8.97. The first-order valence-corrected chi connectivity index (χ1v) is 6.44. The standard InChI is InChI=1S/C15H19NO2/c1-2-3-4-5-6-9-18-15-8-7-13(12-17)10-14(15)11-16/h7-8,10,12H,2-6,9H2,1H3. The minimum Gasteiger partial charge on any atom is -0.492 e. The molecule has 1 aromatic rings. The van der Waals surface area contributed by atoms with E-state index >= 15 is 0 Å². The normalized spacial score (nSPS) is 9.78. The third-order valence-electron chi connectivity index (χ3n) is 2.77. The molecular formula is C15H19NO2. The highest BCUT2D eigenvalue weighted by Gasteiger charge is 2.04. The number of nitrogens with zero attached hydrogens (tertiary/aromatic N) is 1. The van der Waals surface area contributed by atoms with Crippen molar-refractivity contribution in [3.8, 4) is 11.8 Å². The van der Waals surface area contributed by atoms with Crippen molar-refractivity contribution >= 4 is 6.29 Å². The first kappa shape index (κ1) is 14.2. The summed E-state index contributed by atoms with van der Waals surface area (Å²) in [4.78, 5) is 10.6. The summed E-state index contributed by atoms with van der Waals surface area (Å²) in [5.74, 6) is 0.568. The van der Waals surface area contributed by atoms with Crippen LogP contribution in [-0.2, 0) is 0 Å². The number of aldehydes is 1. The Hall–Kier alpha value is -1.82. The number of rotatable bonds is 8. The lowest BCUT2D eigenvalue weighted by molar-refractivity contribution is 0.112. The molecule has 0 N–H and O–H groups in total. The van der Waals surface area contributed by atoms with Gasteiger partial charge in [-0.2, -0.15) is 5.26 Å². The van der Waals surface area contributed by atoms with Gasteiger partial charge in [0.05, 0.1) is 12.2 Å². The minimum atomic E-state index is 0.424. The van der Waals surface area contributed by atoms with Gasteiger partial charge in [-0.1, -0.05) is 32.6 Å². The van der Waals surface area contributed by atoms with E-state index in [1.807, 2.05) is 6.07 Å². The van der Waals surface area contributed by atoms with E-state index in [4.69, 9.17) is 10.00 Å². The van der Waals surface area contributed by atoms with Gasteiger partial charge in [0.1, 0.15) is 18.1 Å². The van der Waals surface area contributed by atoms with Crippen molar-refractivity contribution in [2.24, 2.45) is 0 Å². The monoisotopic (exact) mass is 245 g/mol. The summed E-state index contributed by atoms with van der Waals surface area (Å²) in [6.07, 6.45) is 6.61. The van der Waals surface area contributed by atoms with Crippen LogP contribution in [0.4, 0.5) is 0 Å². The van der Waals surface area contributed by atoms with Gasteiger partial charge in [0.2, 0.25) is 0 Å². The molecule has 1 aromatic carbocycles. The molecule has 0 atom stereocenters. The fourth-order valence-electron chi connectivity index (χ4n) is 1.72. The number of ether oxygens (including phenoxy) is 1. The van der Waals surface area contributed by atoms with Crippen LogP contribution in [-0.4, -0.2) is 12.9 Å². The number of hydrogen-bond acceptors (Lipinski definition) is 3. The van der Waals surface area contributed by atoms with Crippen molar-refractivity contribution in [2.75, 3.05) is 6.61 Å². The molecule has 0 aromatic heterocycles. The van der Waals surface area contributed by atoms with Gasteiger partial charge in [-0.05, 0) is 24.6 Å². The van der Waals surface area contributed by atoms with Crippen molar-refractivity contribution in [2.45, 2.75) is 39.0 Å². The molecular weight excluding hydrogens is 226 g/mol. The van der Waals surface area contributed by atoms with Crippen LogP contribution in [0.1, 0.15) is 54.9 Å². The Morgan fingerprint density at radius 2 is 2.06 bits per heavy atom. The third kappa shape index (κ3) is 4.58. The highest BCUT2D eigenvalue weighted by molar-refractivity contribution is 5.76. The molecule has 18 heavy (non-hydrogen) atoms. The molecule has 0 amide bonds. The lowest BCUT2D eigenvalue weighted by atomic mass is 10.1. The predicted molar refractivity (Wildman–Crippen MR) is 70.8 cm³/mol. The highest BCUT2D eigenvalue weighted by Crippen LogP contribution is 2.19. The summed E-state index contributed by atoms with van der Waals surface area (Å²) in [6.45, 7) is 2.81. The number of hydrogen-bond donors (Lipinski definition) is 0. The van der Waals surface area contributed by atoms with Crippen LogP contribution in [0.25, 0.3) is 0 Å².